The zero-order chi connectivity index (χ0) is 16.5. The van der Waals surface area contributed by atoms with Gasteiger partial charge in [0.2, 0.25) is 0 Å². The first-order valence-corrected chi connectivity index (χ1v) is 7.32. The van der Waals surface area contributed by atoms with Gasteiger partial charge in [-0.3, -0.25) is 0 Å². The molecular weight excluding hydrogens is 300 g/mol. The van der Waals surface area contributed by atoms with Crippen LogP contribution in [0.1, 0.15) is 0 Å². The molecule has 0 atom stereocenters. The van der Waals surface area contributed by atoms with E-state index in [0.29, 0.717) is 11.6 Å². The van der Waals surface area contributed by atoms with Gasteiger partial charge in [0.25, 0.3) is 0 Å². The van der Waals surface area contributed by atoms with Crippen molar-refractivity contribution in [2.24, 2.45) is 0 Å². The summed E-state index contributed by atoms with van der Waals surface area (Å²) in [5, 5.41) is 15.3. The number of benzene rings is 2. The lowest BCUT2D eigenvalue weighted by atomic mass is 10.2. The minimum Gasteiger partial charge on any atom is -0.233 e. The molecule has 2 aromatic heterocycles. The van der Waals surface area contributed by atoms with Crippen LogP contribution in [0.2, 0.25) is 0 Å². The zero-order valence-corrected chi connectivity index (χ0v) is 12.8. The van der Waals surface area contributed by atoms with Crippen molar-refractivity contribution in [1.29, 1.82) is 0 Å². The Morgan fingerprint density at radius 2 is 0.875 bits per heavy atom. The van der Waals surface area contributed by atoms with Gasteiger partial charge in [-0.2, -0.15) is 10.2 Å². The number of hydrogen-bond donors (Lipinski definition) is 0. The fourth-order valence-electron chi connectivity index (χ4n) is 1.93. The first-order valence-electron chi connectivity index (χ1n) is 7.32. The highest BCUT2D eigenvalue weighted by atomic mass is 15.1. The number of nitrogens with zero attached hydrogens (tertiary/aromatic N) is 6. The molecule has 0 fully saturated rings. The summed E-state index contributed by atoms with van der Waals surface area (Å²) in [6.07, 6.45) is 6.39. The van der Waals surface area contributed by atoms with Crippen molar-refractivity contribution in [3.63, 3.8) is 0 Å². The van der Waals surface area contributed by atoms with Crippen molar-refractivity contribution < 1.29 is 0 Å². The Kier molecular flexibility index (Phi) is 5.24. The first kappa shape index (κ1) is 15.4. The molecule has 24 heavy (non-hydrogen) atoms. The van der Waals surface area contributed by atoms with E-state index in [1.807, 2.05) is 60.7 Å². The Balaban J connectivity index is 0.000000141. The molecule has 4 rings (SSSR count). The van der Waals surface area contributed by atoms with Crippen LogP contribution in [0, 0.1) is 0 Å². The highest BCUT2D eigenvalue weighted by molar-refractivity contribution is 5.53. The third-order valence-electron chi connectivity index (χ3n) is 3.03. The van der Waals surface area contributed by atoms with E-state index in [-0.39, 0.29) is 0 Å². The van der Waals surface area contributed by atoms with Gasteiger partial charge in [0, 0.05) is 23.5 Å². The number of hydrogen-bond acceptors (Lipinski definition) is 6. The second-order valence-electron chi connectivity index (χ2n) is 4.66. The molecule has 0 spiro atoms. The minimum absolute atomic E-state index is 0.665. The van der Waals surface area contributed by atoms with Gasteiger partial charge in [0.15, 0.2) is 11.6 Å². The van der Waals surface area contributed by atoms with Gasteiger partial charge in [-0.15, -0.1) is 10.2 Å². The van der Waals surface area contributed by atoms with Crippen LogP contribution in [-0.4, -0.2) is 30.4 Å². The predicted octanol–water partition coefficient (Wildman–Crippen LogP) is 3.08. The predicted molar refractivity (Wildman–Crippen MR) is 90.5 cm³/mol. The Hall–Kier alpha value is -3.54. The van der Waals surface area contributed by atoms with Gasteiger partial charge >= 0.3 is 0 Å². The smallest absolute Gasteiger partial charge is 0.181 e. The van der Waals surface area contributed by atoms with Crippen molar-refractivity contribution in [1.82, 2.24) is 30.4 Å². The molecule has 6 nitrogen and oxygen atoms in total. The van der Waals surface area contributed by atoms with Crippen LogP contribution in [0.15, 0.2) is 85.5 Å². The lowest BCUT2D eigenvalue weighted by molar-refractivity contribution is 0.980. The molecule has 4 aromatic rings. The van der Waals surface area contributed by atoms with E-state index in [0.717, 1.165) is 11.1 Å². The molecule has 0 bridgehead atoms. The Morgan fingerprint density at radius 1 is 0.458 bits per heavy atom. The number of rotatable bonds is 2. The minimum atomic E-state index is 0.665. The lowest BCUT2D eigenvalue weighted by Crippen LogP contribution is -1.88. The molecule has 0 aliphatic heterocycles. The van der Waals surface area contributed by atoms with E-state index in [2.05, 4.69) is 30.4 Å². The molecule has 0 aliphatic carbocycles. The summed E-state index contributed by atoms with van der Waals surface area (Å²) in [5.41, 5.74) is 1.98. The quantitative estimate of drug-likeness (QED) is 0.566. The van der Waals surface area contributed by atoms with E-state index >= 15 is 0 Å². The van der Waals surface area contributed by atoms with Gasteiger partial charge in [0.1, 0.15) is 0 Å². The van der Waals surface area contributed by atoms with Gasteiger partial charge < -0.3 is 0 Å². The molecule has 2 heterocycles. The fourth-order valence-corrected chi connectivity index (χ4v) is 1.93. The highest BCUT2D eigenvalue weighted by Gasteiger charge is 1.97. The van der Waals surface area contributed by atoms with Crippen molar-refractivity contribution in [2.75, 3.05) is 0 Å². The lowest BCUT2D eigenvalue weighted by Gasteiger charge is -1.95. The summed E-state index contributed by atoms with van der Waals surface area (Å²) in [7, 11) is 0. The summed E-state index contributed by atoms with van der Waals surface area (Å²) in [5.74, 6) is 1.33. The van der Waals surface area contributed by atoms with Gasteiger partial charge in [-0.25, -0.2) is 9.97 Å². The van der Waals surface area contributed by atoms with E-state index in [4.69, 9.17) is 0 Å². The van der Waals surface area contributed by atoms with Crippen LogP contribution in [0.4, 0.5) is 0 Å². The van der Waals surface area contributed by atoms with E-state index in [9.17, 15) is 0 Å². The standard InChI is InChI=1S/2C9H7N3/c2*1-2-4-8(5-3-1)9-10-6-7-11-12-9/h2*1-7H. The van der Waals surface area contributed by atoms with Crippen molar-refractivity contribution in [3.8, 4) is 22.8 Å². The second kappa shape index (κ2) is 8.19. The third kappa shape index (κ3) is 4.23. The molecular formula is C18H14N6. The fraction of sp³-hybridized carbons (Fsp3) is 0. The molecule has 2 aromatic carbocycles. The first-order chi connectivity index (χ1) is 11.9. The van der Waals surface area contributed by atoms with Crippen molar-refractivity contribution in [2.45, 2.75) is 0 Å². The number of aromatic nitrogens is 6. The molecule has 6 heteroatoms. The van der Waals surface area contributed by atoms with Crippen LogP contribution in [0.25, 0.3) is 22.8 Å². The van der Waals surface area contributed by atoms with Crippen LogP contribution in [0.5, 0.6) is 0 Å². The van der Waals surface area contributed by atoms with Crippen LogP contribution >= 0.6 is 0 Å². The molecule has 0 radical (unpaired) electrons. The van der Waals surface area contributed by atoms with Gasteiger partial charge in [-0.1, -0.05) is 60.7 Å². The topological polar surface area (TPSA) is 77.3 Å². The maximum atomic E-state index is 4.08. The monoisotopic (exact) mass is 314 g/mol. The maximum Gasteiger partial charge on any atom is 0.181 e. The summed E-state index contributed by atoms with van der Waals surface area (Å²) >= 11 is 0. The van der Waals surface area contributed by atoms with Gasteiger partial charge in [-0.05, 0) is 0 Å². The van der Waals surface area contributed by atoms with Crippen LogP contribution in [0.3, 0.4) is 0 Å². The van der Waals surface area contributed by atoms with E-state index < -0.39 is 0 Å². The second-order valence-corrected chi connectivity index (χ2v) is 4.66. The Labute approximate surface area is 139 Å². The average molecular weight is 314 g/mol. The van der Waals surface area contributed by atoms with Crippen LogP contribution in [-0.2, 0) is 0 Å². The molecule has 0 saturated heterocycles. The Bertz CT molecular complexity index is 689. The summed E-state index contributed by atoms with van der Waals surface area (Å²) in [6, 6.07) is 19.5. The largest absolute Gasteiger partial charge is 0.233 e. The van der Waals surface area contributed by atoms with E-state index in [1.54, 1.807) is 24.8 Å². The average Bonchev–Trinajstić information content (AvgIpc) is 2.71. The van der Waals surface area contributed by atoms with E-state index in [1.165, 1.54) is 0 Å². The summed E-state index contributed by atoms with van der Waals surface area (Å²) in [4.78, 5) is 8.15. The normalized spacial score (nSPS) is 9.67. The zero-order valence-electron chi connectivity index (χ0n) is 12.8. The molecule has 0 amide bonds. The third-order valence-corrected chi connectivity index (χ3v) is 3.03. The summed E-state index contributed by atoms with van der Waals surface area (Å²) < 4.78 is 0. The molecule has 0 aliphatic rings. The molecule has 116 valence electrons. The molecule has 0 unspecified atom stereocenters. The highest BCUT2D eigenvalue weighted by Crippen LogP contribution is 2.11. The SMILES string of the molecule is c1ccc(-c2nccnn2)cc1.c1ccc(-c2nccnn2)cc1. The van der Waals surface area contributed by atoms with Gasteiger partial charge in [0.05, 0.1) is 12.4 Å². The maximum absolute atomic E-state index is 4.08. The van der Waals surface area contributed by atoms with Crippen molar-refractivity contribution >= 4 is 0 Å². The Morgan fingerprint density at radius 3 is 1.21 bits per heavy atom. The molecule has 0 N–H and O–H groups in total. The summed E-state index contributed by atoms with van der Waals surface area (Å²) in [6.45, 7) is 0. The van der Waals surface area contributed by atoms with Crippen molar-refractivity contribution in [3.05, 3.63) is 85.5 Å². The molecule has 0 saturated carbocycles. The van der Waals surface area contributed by atoms with Crippen LogP contribution < -0.4 is 0 Å².